The van der Waals surface area contributed by atoms with Gasteiger partial charge in [0, 0.05) is 5.41 Å². The van der Waals surface area contributed by atoms with E-state index in [0.29, 0.717) is 5.56 Å². The highest BCUT2D eigenvalue weighted by molar-refractivity contribution is 5.32. The molecule has 4 heteroatoms. The van der Waals surface area contributed by atoms with E-state index < -0.39 is 29.0 Å². The summed E-state index contributed by atoms with van der Waals surface area (Å²) < 4.78 is 40.4. The molecular formula is C16H15F3O. The predicted octanol–water partition coefficient (Wildman–Crippen LogP) is 4.12. The zero-order valence-corrected chi connectivity index (χ0v) is 11.2. The van der Waals surface area contributed by atoms with Gasteiger partial charge in [-0.05, 0) is 29.8 Å². The third kappa shape index (κ3) is 2.56. The largest absolute Gasteiger partial charge is 0.387 e. The summed E-state index contributed by atoms with van der Waals surface area (Å²) in [7, 11) is 0. The van der Waals surface area contributed by atoms with Crippen LogP contribution in [0.25, 0.3) is 0 Å². The van der Waals surface area contributed by atoms with Gasteiger partial charge in [0.05, 0.1) is 11.7 Å². The highest BCUT2D eigenvalue weighted by Gasteiger charge is 2.34. The Bertz CT molecular complexity index is 585. The standard InChI is InChI=1S/C16H15F3O/c1-16(2,10-6-8-11(17)9-7-10)15(20)14-12(18)4-3-5-13(14)19/h3-9,15,20H,1-2H3. The Hall–Kier alpha value is -1.81. The van der Waals surface area contributed by atoms with Crippen molar-refractivity contribution in [3.05, 3.63) is 71.0 Å². The van der Waals surface area contributed by atoms with Crippen LogP contribution in [0.2, 0.25) is 0 Å². The maximum Gasteiger partial charge on any atom is 0.131 e. The molecule has 2 aromatic carbocycles. The summed E-state index contributed by atoms with van der Waals surface area (Å²) in [4.78, 5) is 0. The van der Waals surface area contributed by atoms with Crippen molar-refractivity contribution in [3.63, 3.8) is 0 Å². The van der Waals surface area contributed by atoms with Gasteiger partial charge in [-0.2, -0.15) is 0 Å². The molecule has 0 saturated carbocycles. The lowest BCUT2D eigenvalue weighted by molar-refractivity contribution is 0.0926. The van der Waals surface area contributed by atoms with Gasteiger partial charge in [-0.3, -0.25) is 0 Å². The second kappa shape index (κ2) is 5.29. The average Bonchev–Trinajstić information content (AvgIpc) is 2.38. The number of halogens is 3. The second-order valence-electron chi connectivity index (χ2n) is 5.27. The van der Waals surface area contributed by atoms with E-state index >= 15 is 0 Å². The quantitative estimate of drug-likeness (QED) is 0.897. The van der Waals surface area contributed by atoms with Crippen LogP contribution < -0.4 is 0 Å². The van der Waals surface area contributed by atoms with Gasteiger partial charge in [0.1, 0.15) is 17.5 Å². The van der Waals surface area contributed by atoms with Crippen LogP contribution in [0.4, 0.5) is 13.2 Å². The highest BCUT2D eigenvalue weighted by Crippen LogP contribution is 2.38. The maximum absolute atomic E-state index is 13.8. The molecule has 0 aliphatic heterocycles. The van der Waals surface area contributed by atoms with Crippen LogP contribution in [0.5, 0.6) is 0 Å². The molecule has 0 amide bonds. The second-order valence-corrected chi connectivity index (χ2v) is 5.27. The normalized spacial score (nSPS) is 13.3. The summed E-state index contributed by atoms with van der Waals surface area (Å²) in [5, 5.41) is 10.4. The van der Waals surface area contributed by atoms with Crippen molar-refractivity contribution >= 4 is 0 Å². The summed E-state index contributed by atoms with van der Waals surface area (Å²) in [6, 6.07) is 8.94. The summed E-state index contributed by atoms with van der Waals surface area (Å²) in [6.45, 7) is 3.30. The van der Waals surface area contributed by atoms with Crippen LogP contribution >= 0.6 is 0 Å². The Labute approximate surface area is 115 Å². The molecule has 0 radical (unpaired) electrons. The number of aliphatic hydroxyl groups is 1. The fourth-order valence-electron chi connectivity index (χ4n) is 2.17. The molecular weight excluding hydrogens is 265 g/mol. The van der Waals surface area contributed by atoms with Crippen LogP contribution in [0.1, 0.15) is 31.1 Å². The van der Waals surface area contributed by atoms with E-state index in [-0.39, 0.29) is 5.56 Å². The molecule has 0 spiro atoms. The minimum absolute atomic E-state index is 0.373. The molecule has 1 nitrogen and oxygen atoms in total. The van der Waals surface area contributed by atoms with E-state index in [4.69, 9.17) is 0 Å². The zero-order chi connectivity index (χ0) is 14.9. The number of hydrogen-bond donors (Lipinski definition) is 1. The Balaban J connectivity index is 2.45. The van der Waals surface area contributed by atoms with Gasteiger partial charge in [-0.15, -0.1) is 0 Å². The fourth-order valence-corrected chi connectivity index (χ4v) is 2.17. The van der Waals surface area contributed by atoms with E-state index in [0.717, 1.165) is 12.1 Å². The van der Waals surface area contributed by atoms with Gasteiger partial charge in [0.25, 0.3) is 0 Å². The Morgan fingerprint density at radius 3 is 1.90 bits per heavy atom. The lowest BCUT2D eigenvalue weighted by Crippen LogP contribution is -2.28. The fraction of sp³-hybridized carbons (Fsp3) is 0.250. The van der Waals surface area contributed by atoms with Crippen LogP contribution in [0.15, 0.2) is 42.5 Å². The molecule has 20 heavy (non-hydrogen) atoms. The Morgan fingerprint density at radius 1 is 0.900 bits per heavy atom. The minimum atomic E-state index is -1.38. The monoisotopic (exact) mass is 280 g/mol. The van der Waals surface area contributed by atoms with Crippen molar-refractivity contribution in [3.8, 4) is 0 Å². The van der Waals surface area contributed by atoms with Crippen molar-refractivity contribution in [1.82, 2.24) is 0 Å². The molecule has 2 aromatic rings. The first-order valence-electron chi connectivity index (χ1n) is 6.22. The van der Waals surface area contributed by atoms with Gasteiger partial charge in [0.15, 0.2) is 0 Å². The van der Waals surface area contributed by atoms with E-state index in [1.165, 1.54) is 30.3 Å². The van der Waals surface area contributed by atoms with E-state index in [1.807, 2.05) is 0 Å². The first-order valence-corrected chi connectivity index (χ1v) is 6.22. The first-order chi connectivity index (χ1) is 9.34. The smallest absolute Gasteiger partial charge is 0.131 e. The molecule has 0 heterocycles. The van der Waals surface area contributed by atoms with Crippen molar-refractivity contribution in [2.24, 2.45) is 0 Å². The zero-order valence-electron chi connectivity index (χ0n) is 11.2. The first kappa shape index (κ1) is 14.6. The van der Waals surface area contributed by atoms with Crippen LogP contribution in [0.3, 0.4) is 0 Å². The summed E-state index contributed by atoms with van der Waals surface area (Å²) in [6.07, 6.45) is -1.38. The third-order valence-corrected chi connectivity index (χ3v) is 3.54. The van der Waals surface area contributed by atoms with Crippen LogP contribution in [-0.4, -0.2) is 5.11 Å². The molecule has 0 fully saturated rings. The summed E-state index contributed by atoms with van der Waals surface area (Å²) in [5.74, 6) is -2.00. The van der Waals surface area contributed by atoms with Crippen molar-refractivity contribution in [2.45, 2.75) is 25.4 Å². The minimum Gasteiger partial charge on any atom is -0.387 e. The number of hydrogen-bond acceptors (Lipinski definition) is 1. The van der Waals surface area contributed by atoms with Crippen LogP contribution in [0, 0.1) is 17.5 Å². The van der Waals surface area contributed by atoms with Crippen LogP contribution in [-0.2, 0) is 5.41 Å². The maximum atomic E-state index is 13.8. The Morgan fingerprint density at radius 2 is 1.40 bits per heavy atom. The lowest BCUT2D eigenvalue weighted by Gasteiger charge is -2.31. The van der Waals surface area contributed by atoms with Gasteiger partial charge in [0.2, 0.25) is 0 Å². The van der Waals surface area contributed by atoms with Crippen molar-refractivity contribution < 1.29 is 18.3 Å². The number of aliphatic hydroxyl groups excluding tert-OH is 1. The molecule has 1 N–H and O–H groups in total. The van der Waals surface area contributed by atoms with E-state index in [9.17, 15) is 18.3 Å². The van der Waals surface area contributed by atoms with E-state index in [2.05, 4.69) is 0 Å². The third-order valence-electron chi connectivity index (χ3n) is 3.54. The molecule has 2 rings (SSSR count). The lowest BCUT2D eigenvalue weighted by atomic mass is 9.76. The molecule has 106 valence electrons. The molecule has 1 atom stereocenters. The molecule has 0 aromatic heterocycles. The Kier molecular flexibility index (Phi) is 3.86. The molecule has 0 aliphatic carbocycles. The number of benzene rings is 2. The van der Waals surface area contributed by atoms with Crippen molar-refractivity contribution in [2.75, 3.05) is 0 Å². The predicted molar refractivity (Wildman–Crippen MR) is 70.7 cm³/mol. The van der Waals surface area contributed by atoms with Gasteiger partial charge in [-0.1, -0.05) is 32.0 Å². The molecule has 0 aliphatic rings. The van der Waals surface area contributed by atoms with Gasteiger partial charge < -0.3 is 5.11 Å². The molecule has 0 saturated heterocycles. The van der Waals surface area contributed by atoms with Gasteiger partial charge in [-0.25, -0.2) is 13.2 Å². The molecule has 0 bridgehead atoms. The van der Waals surface area contributed by atoms with Gasteiger partial charge >= 0.3 is 0 Å². The SMILES string of the molecule is CC(C)(c1ccc(F)cc1)C(O)c1c(F)cccc1F. The molecule has 1 unspecified atom stereocenters. The number of rotatable bonds is 3. The van der Waals surface area contributed by atoms with Crippen molar-refractivity contribution in [1.29, 1.82) is 0 Å². The summed E-state index contributed by atoms with van der Waals surface area (Å²) in [5.41, 5.74) is -0.743. The van der Waals surface area contributed by atoms with E-state index in [1.54, 1.807) is 13.8 Å². The average molecular weight is 280 g/mol. The topological polar surface area (TPSA) is 20.2 Å². The summed E-state index contributed by atoms with van der Waals surface area (Å²) >= 11 is 0. The highest BCUT2D eigenvalue weighted by atomic mass is 19.1.